The molecule has 0 aliphatic carbocycles. The third-order valence-corrected chi connectivity index (χ3v) is 5.52. The Bertz CT molecular complexity index is 1180. The van der Waals surface area contributed by atoms with Gasteiger partial charge in [0.25, 0.3) is 11.2 Å². The van der Waals surface area contributed by atoms with Crippen LogP contribution in [0.15, 0.2) is 65.6 Å². The first-order valence-electron chi connectivity index (χ1n) is 10.0. The summed E-state index contributed by atoms with van der Waals surface area (Å²) in [6.45, 7) is 4.32. The first-order valence-corrected chi connectivity index (χ1v) is 10.0. The molecule has 4 rings (SSSR count). The van der Waals surface area contributed by atoms with Crippen molar-refractivity contribution in [3.8, 4) is 5.75 Å². The maximum atomic E-state index is 13.4. The van der Waals surface area contributed by atoms with Gasteiger partial charge in [-0.15, -0.1) is 0 Å². The Hall–Kier alpha value is -3.45. The minimum Gasteiger partial charge on any atom is -0.497 e. The fraction of sp³-hybridized carbons (Fsp3) is 0.292. The molecule has 1 atom stereocenters. The molecule has 0 fully saturated rings. The standard InChI is InChI=1S/C24H24N2O5/c1-24(2)14-17-8-9-18(26(28)29)13-21(17)22(31-24)20-5-4-12-25(23(20)27)15-16-6-10-19(30-3)11-7-16/h4-13,22H,14-15H2,1-3H3. The lowest BCUT2D eigenvalue weighted by Crippen LogP contribution is -2.37. The topological polar surface area (TPSA) is 83.6 Å². The lowest BCUT2D eigenvalue weighted by Gasteiger charge is -2.37. The van der Waals surface area contributed by atoms with E-state index in [1.807, 2.05) is 44.2 Å². The van der Waals surface area contributed by atoms with E-state index in [2.05, 4.69) is 0 Å². The molecule has 2 aromatic carbocycles. The summed E-state index contributed by atoms with van der Waals surface area (Å²) in [4.78, 5) is 24.3. The molecule has 1 aliphatic rings. The van der Waals surface area contributed by atoms with Gasteiger partial charge in [0, 0.05) is 24.8 Å². The number of ether oxygens (including phenoxy) is 2. The van der Waals surface area contributed by atoms with Crippen LogP contribution in [0, 0.1) is 10.1 Å². The first-order chi connectivity index (χ1) is 14.8. The molecular weight excluding hydrogens is 396 g/mol. The monoisotopic (exact) mass is 420 g/mol. The molecule has 1 unspecified atom stereocenters. The van der Waals surface area contributed by atoms with Crippen molar-refractivity contribution in [3.05, 3.63) is 104 Å². The third-order valence-electron chi connectivity index (χ3n) is 5.52. The molecule has 7 heteroatoms. The predicted molar refractivity (Wildman–Crippen MR) is 117 cm³/mol. The number of non-ortho nitro benzene ring substituents is 1. The molecule has 0 N–H and O–H groups in total. The molecule has 0 radical (unpaired) electrons. The summed E-state index contributed by atoms with van der Waals surface area (Å²) in [5.41, 5.74) is 2.35. The largest absolute Gasteiger partial charge is 0.497 e. The highest BCUT2D eigenvalue weighted by molar-refractivity contribution is 5.46. The van der Waals surface area contributed by atoms with E-state index in [0.29, 0.717) is 24.1 Å². The maximum absolute atomic E-state index is 13.4. The summed E-state index contributed by atoms with van der Waals surface area (Å²) in [6, 6.07) is 15.9. The molecule has 0 amide bonds. The Labute approximate surface area is 180 Å². The van der Waals surface area contributed by atoms with Crippen LogP contribution in [0.3, 0.4) is 0 Å². The summed E-state index contributed by atoms with van der Waals surface area (Å²) in [5.74, 6) is 0.751. The zero-order valence-corrected chi connectivity index (χ0v) is 17.7. The van der Waals surface area contributed by atoms with Gasteiger partial charge in [-0.2, -0.15) is 0 Å². The number of methoxy groups -OCH3 is 1. The second-order valence-corrected chi connectivity index (χ2v) is 8.32. The van der Waals surface area contributed by atoms with Crippen LogP contribution in [-0.4, -0.2) is 22.2 Å². The number of nitro groups is 1. The second kappa shape index (κ2) is 8.00. The summed E-state index contributed by atoms with van der Waals surface area (Å²) >= 11 is 0. The number of fused-ring (bicyclic) bond motifs is 1. The van der Waals surface area contributed by atoms with Gasteiger partial charge in [0.2, 0.25) is 0 Å². The Balaban J connectivity index is 1.75. The van der Waals surface area contributed by atoms with Crippen molar-refractivity contribution in [1.82, 2.24) is 4.57 Å². The third kappa shape index (κ3) is 4.22. The van der Waals surface area contributed by atoms with Crippen LogP contribution < -0.4 is 10.3 Å². The molecule has 0 saturated heterocycles. The van der Waals surface area contributed by atoms with E-state index in [-0.39, 0.29) is 11.2 Å². The predicted octanol–water partition coefficient (Wildman–Crippen LogP) is 4.25. The van der Waals surface area contributed by atoms with Gasteiger partial charge in [-0.3, -0.25) is 14.9 Å². The summed E-state index contributed by atoms with van der Waals surface area (Å²) in [7, 11) is 1.61. The number of hydrogen-bond acceptors (Lipinski definition) is 5. The highest BCUT2D eigenvalue weighted by Gasteiger charge is 2.36. The van der Waals surface area contributed by atoms with Gasteiger partial charge in [0.1, 0.15) is 11.9 Å². The minimum atomic E-state index is -0.672. The number of nitrogens with zero attached hydrogens (tertiary/aromatic N) is 2. The number of benzene rings is 2. The average molecular weight is 420 g/mol. The van der Waals surface area contributed by atoms with Crippen molar-refractivity contribution < 1.29 is 14.4 Å². The van der Waals surface area contributed by atoms with Crippen molar-refractivity contribution in [3.63, 3.8) is 0 Å². The normalized spacial score (nSPS) is 17.1. The first kappa shape index (κ1) is 20.8. The van der Waals surface area contributed by atoms with E-state index in [9.17, 15) is 14.9 Å². The van der Waals surface area contributed by atoms with Gasteiger partial charge in [-0.1, -0.05) is 18.2 Å². The number of hydrogen-bond donors (Lipinski definition) is 0. The number of pyridine rings is 1. The minimum absolute atomic E-state index is 0.0125. The molecule has 1 aromatic heterocycles. The van der Waals surface area contributed by atoms with Crippen molar-refractivity contribution in [2.75, 3.05) is 7.11 Å². The fourth-order valence-corrected chi connectivity index (χ4v) is 4.02. The van der Waals surface area contributed by atoms with Crippen LogP contribution in [0.4, 0.5) is 5.69 Å². The average Bonchev–Trinajstić information content (AvgIpc) is 2.74. The molecule has 31 heavy (non-hydrogen) atoms. The van der Waals surface area contributed by atoms with Crippen LogP contribution >= 0.6 is 0 Å². The molecular formula is C24H24N2O5. The molecule has 7 nitrogen and oxygen atoms in total. The molecule has 0 bridgehead atoms. The number of rotatable bonds is 5. The zero-order valence-electron chi connectivity index (χ0n) is 17.7. The Morgan fingerprint density at radius 2 is 1.90 bits per heavy atom. The van der Waals surface area contributed by atoms with Crippen molar-refractivity contribution in [2.45, 2.75) is 38.5 Å². The van der Waals surface area contributed by atoms with Gasteiger partial charge in [0.05, 0.1) is 29.7 Å². The smallest absolute Gasteiger partial charge is 0.269 e. The molecule has 0 spiro atoms. The number of aromatic nitrogens is 1. The molecule has 0 saturated carbocycles. The summed E-state index contributed by atoms with van der Waals surface area (Å²) in [6.07, 6.45) is 1.68. The van der Waals surface area contributed by atoms with Crippen LogP contribution in [0.5, 0.6) is 5.75 Å². The van der Waals surface area contributed by atoms with Gasteiger partial charge < -0.3 is 14.0 Å². The second-order valence-electron chi connectivity index (χ2n) is 8.32. The molecule has 1 aliphatic heterocycles. The van der Waals surface area contributed by atoms with E-state index in [1.165, 1.54) is 12.1 Å². The Morgan fingerprint density at radius 1 is 1.16 bits per heavy atom. The van der Waals surface area contributed by atoms with E-state index >= 15 is 0 Å². The van der Waals surface area contributed by atoms with Crippen LogP contribution in [0.1, 0.15) is 42.2 Å². The van der Waals surface area contributed by atoms with Crippen molar-refractivity contribution >= 4 is 5.69 Å². The summed E-state index contributed by atoms with van der Waals surface area (Å²) < 4.78 is 13.1. The Morgan fingerprint density at radius 3 is 2.58 bits per heavy atom. The summed E-state index contributed by atoms with van der Waals surface area (Å²) in [5, 5.41) is 11.3. The molecule has 160 valence electrons. The lowest BCUT2D eigenvalue weighted by molar-refractivity contribution is -0.385. The number of nitro benzene ring substituents is 1. The highest BCUT2D eigenvalue weighted by Crippen LogP contribution is 2.40. The van der Waals surface area contributed by atoms with Crippen LogP contribution in [0.25, 0.3) is 0 Å². The van der Waals surface area contributed by atoms with Gasteiger partial charge >= 0.3 is 0 Å². The van der Waals surface area contributed by atoms with Gasteiger partial charge in [0.15, 0.2) is 0 Å². The maximum Gasteiger partial charge on any atom is 0.269 e. The van der Waals surface area contributed by atoms with Crippen molar-refractivity contribution in [1.29, 1.82) is 0 Å². The molecule has 3 aromatic rings. The Kier molecular flexibility index (Phi) is 5.37. The molecule has 2 heterocycles. The lowest BCUT2D eigenvalue weighted by atomic mass is 9.86. The van der Waals surface area contributed by atoms with Crippen LogP contribution in [0.2, 0.25) is 0 Å². The van der Waals surface area contributed by atoms with E-state index in [0.717, 1.165) is 16.9 Å². The van der Waals surface area contributed by atoms with Crippen molar-refractivity contribution in [2.24, 2.45) is 0 Å². The van der Waals surface area contributed by atoms with E-state index < -0.39 is 16.6 Å². The van der Waals surface area contributed by atoms with E-state index in [4.69, 9.17) is 9.47 Å². The van der Waals surface area contributed by atoms with Gasteiger partial charge in [-0.25, -0.2) is 0 Å². The zero-order chi connectivity index (χ0) is 22.2. The van der Waals surface area contributed by atoms with Crippen LogP contribution in [-0.2, 0) is 17.7 Å². The van der Waals surface area contributed by atoms with Gasteiger partial charge in [-0.05, 0) is 54.8 Å². The SMILES string of the molecule is COc1ccc(Cn2cccc(C3OC(C)(C)Cc4ccc([N+](=O)[O-])cc43)c2=O)cc1. The highest BCUT2D eigenvalue weighted by atomic mass is 16.6. The fourth-order valence-electron chi connectivity index (χ4n) is 4.02. The van der Waals surface area contributed by atoms with E-state index in [1.54, 1.807) is 30.0 Å². The quantitative estimate of drug-likeness (QED) is 0.455.